The van der Waals surface area contributed by atoms with E-state index in [0.717, 1.165) is 11.8 Å². The first kappa shape index (κ1) is 11.5. The van der Waals surface area contributed by atoms with E-state index in [4.69, 9.17) is 9.84 Å². The van der Waals surface area contributed by atoms with Crippen molar-refractivity contribution in [3.8, 4) is 10.9 Å². The molecule has 0 amide bonds. The first-order valence-corrected chi connectivity index (χ1v) is 5.57. The fraction of sp³-hybridized carbons (Fsp3) is 0.0909. The molecule has 0 fully saturated rings. The summed E-state index contributed by atoms with van der Waals surface area (Å²) in [6.07, 6.45) is 0. The molecule has 0 saturated heterocycles. The lowest BCUT2D eigenvalue weighted by Crippen LogP contribution is -2.03. The van der Waals surface area contributed by atoms with Gasteiger partial charge in [-0.05, 0) is 19.1 Å². The Labute approximate surface area is 100 Å². The largest absolute Gasteiger partial charge is 0.477 e. The Morgan fingerprint density at radius 2 is 2.29 bits per heavy atom. The molecule has 2 rings (SSSR count). The number of aryl methyl sites for hydroxylation is 1. The quantitative estimate of drug-likeness (QED) is 0.913. The molecule has 0 radical (unpaired) electrons. The monoisotopic (exact) mass is 253 g/mol. The minimum absolute atomic E-state index is 0.0492. The van der Waals surface area contributed by atoms with Gasteiger partial charge in [0.2, 0.25) is 0 Å². The number of halogens is 1. The predicted octanol–water partition coefficient (Wildman–Crippen LogP) is 3.08. The van der Waals surface area contributed by atoms with Gasteiger partial charge in [-0.3, -0.25) is 0 Å². The second kappa shape index (κ2) is 4.50. The molecule has 6 heteroatoms. The third kappa shape index (κ3) is 2.42. The molecular weight excluding hydrogens is 245 g/mol. The summed E-state index contributed by atoms with van der Waals surface area (Å²) in [7, 11) is 0. The molecule has 1 heterocycles. The van der Waals surface area contributed by atoms with E-state index in [1.54, 1.807) is 12.3 Å². The molecule has 0 atom stereocenters. The van der Waals surface area contributed by atoms with Crippen LogP contribution in [-0.2, 0) is 0 Å². The minimum Gasteiger partial charge on any atom is -0.477 e. The van der Waals surface area contributed by atoms with Crippen LogP contribution in [0.4, 0.5) is 4.39 Å². The maximum Gasteiger partial charge on any atom is 0.342 e. The zero-order chi connectivity index (χ0) is 12.4. The number of carbonyl (C=O) groups is 1. The van der Waals surface area contributed by atoms with Crippen LogP contribution in [0, 0.1) is 12.7 Å². The summed E-state index contributed by atoms with van der Waals surface area (Å²) in [5.74, 6) is -2.25. The maximum atomic E-state index is 13.3. The molecule has 0 aliphatic carbocycles. The van der Waals surface area contributed by atoms with Crippen molar-refractivity contribution < 1.29 is 19.0 Å². The van der Waals surface area contributed by atoms with Gasteiger partial charge in [-0.1, -0.05) is 17.4 Å². The summed E-state index contributed by atoms with van der Waals surface area (Å²) in [6, 6.07) is 3.85. The van der Waals surface area contributed by atoms with Crippen molar-refractivity contribution in [2.24, 2.45) is 0 Å². The first-order valence-electron chi connectivity index (χ1n) is 4.69. The normalized spacial score (nSPS) is 10.2. The highest BCUT2D eigenvalue weighted by Gasteiger charge is 2.18. The third-order valence-electron chi connectivity index (χ3n) is 1.98. The molecule has 1 N–H and O–H groups in total. The van der Waals surface area contributed by atoms with Crippen LogP contribution in [-0.4, -0.2) is 16.1 Å². The second-order valence-electron chi connectivity index (χ2n) is 3.27. The Balaban J connectivity index is 2.39. The summed E-state index contributed by atoms with van der Waals surface area (Å²) in [4.78, 5) is 14.9. The summed E-state index contributed by atoms with van der Waals surface area (Å²) in [6.45, 7) is 1.78. The predicted molar refractivity (Wildman–Crippen MR) is 60.3 cm³/mol. The molecular formula is C11H8FNO3S. The molecule has 0 saturated carbocycles. The molecule has 1 aromatic carbocycles. The lowest BCUT2D eigenvalue weighted by atomic mass is 10.2. The number of hydrogen-bond acceptors (Lipinski definition) is 4. The summed E-state index contributed by atoms with van der Waals surface area (Å²) >= 11 is 1.22. The second-order valence-corrected chi connectivity index (χ2v) is 4.10. The molecule has 0 spiro atoms. The van der Waals surface area contributed by atoms with Gasteiger partial charge in [0.05, 0.1) is 5.69 Å². The van der Waals surface area contributed by atoms with E-state index >= 15 is 0 Å². The first-order chi connectivity index (χ1) is 8.08. The molecule has 0 bridgehead atoms. The standard InChI is InChI=1S/C11H8FNO3S/c1-6-5-17-11(13-6)16-8-4-2-3-7(12)9(8)10(14)15/h2-5H,1H3,(H,14,15). The zero-order valence-electron chi connectivity index (χ0n) is 8.81. The summed E-state index contributed by atoms with van der Waals surface area (Å²) in [5, 5.41) is 10.9. The van der Waals surface area contributed by atoms with Crippen molar-refractivity contribution in [1.82, 2.24) is 4.98 Å². The van der Waals surface area contributed by atoms with Crippen LogP contribution in [0.2, 0.25) is 0 Å². The summed E-state index contributed by atoms with van der Waals surface area (Å²) < 4.78 is 18.6. The van der Waals surface area contributed by atoms with E-state index in [2.05, 4.69) is 4.98 Å². The molecule has 17 heavy (non-hydrogen) atoms. The topological polar surface area (TPSA) is 59.4 Å². The number of carboxylic acids is 1. The highest BCUT2D eigenvalue weighted by Crippen LogP contribution is 2.29. The van der Waals surface area contributed by atoms with Crippen LogP contribution in [0.3, 0.4) is 0 Å². The van der Waals surface area contributed by atoms with E-state index in [9.17, 15) is 9.18 Å². The number of hydrogen-bond donors (Lipinski definition) is 1. The van der Waals surface area contributed by atoms with Crippen molar-refractivity contribution in [3.05, 3.63) is 40.7 Å². The molecule has 0 aliphatic heterocycles. The van der Waals surface area contributed by atoms with Crippen LogP contribution >= 0.6 is 11.3 Å². The number of ether oxygens (including phenoxy) is 1. The average molecular weight is 253 g/mol. The van der Waals surface area contributed by atoms with Crippen LogP contribution in [0.1, 0.15) is 16.1 Å². The van der Waals surface area contributed by atoms with Crippen LogP contribution in [0.15, 0.2) is 23.6 Å². The molecule has 4 nitrogen and oxygen atoms in total. The van der Waals surface area contributed by atoms with Crippen molar-refractivity contribution in [1.29, 1.82) is 0 Å². The number of nitrogens with zero attached hydrogens (tertiary/aromatic N) is 1. The smallest absolute Gasteiger partial charge is 0.342 e. The maximum absolute atomic E-state index is 13.3. The third-order valence-corrected chi connectivity index (χ3v) is 2.82. The van der Waals surface area contributed by atoms with Crippen molar-refractivity contribution in [3.63, 3.8) is 0 Å². The van der Waals surface area contributed by atoms with Crippen molar-refractivity contribution in [2.75, 3.05) is 0 Å². The fourth-order valence-corrected chi connectivity index (χ4v) is 1.93. The fourth-order valence-electron chi connectivity index (χ4n) is 1.27. The lowest BCUT2D eigenvalue weighted by molar-refractivity contribution is 0.0689. The number of carboxylic acid groups (broad SMARTS) is 1. The average Bonchev–Trinajstić information content (AvgIpc) is 2.63. The number of aromatic carboxylic acids is 1. The van der Waals surface area contributed by atoms with Gasteiger partial charge in [-0.25, -0.2) is 14.2 Å². The Morgan fingerprint density at radius 1 is 1.53 bits per heavy atom. The molecule has 0 unspecified atom stereocenters. The van der Waals surface area contributed by atoms with Gasteiger partial charge in [0, 0.05) is 5.38 Å². The lowest BCUT2D eigenvalue weighted by Gasteiger charge is -2.06. The minimum atomic E-state index is -1.37. The Bertz CT molecular complexity index is 568. The van der Waals surface area contributed by atoms with Gasteiger partial charge in [0.25, 0.3) is 5.19 Å². The van der Waals surface area contributed by atoms with Crippen LogP contribution in [0.25, 0.3) is 0 Å². The van der Waals surface area contributed by atoms with E-state index < -0.39 is 17.3 Å². The molecule has 0 aliphatic rings. The molecule has 88 valence electrons. The molecule has 1 aromatic heterocycles. The van der Waals surface area contributed by atoms with Gasteiger partial charge in [-0.2, -0.15) is 0 Å². The highest BCUT2D eigenvalue weighted by atomic mass is 32.1. The van der Waals surface area contributed by atoms with E-state index in [-0.39, 0.29) is 10.9 Å². The van der Waals surface area contributed by atoms with E-state index in [0.29, 0.717) is 0 Å². The Morgan fingerprint density at radius 3 is 2.88 bits per heavy atom. The Hall–Kier alpha value is -1.95. The van der Waals surface area contributed by atoms with Gasteiger partial charge >= 0.3 is 5.97 Å². The SMILES string of the molecule is Cc1csc(Oc2cccc(F)c2C(=O)O)n1. The number of benzene rings is 1. The van der Waals surface area contributed by atoms with Crippen LogP contribution in [0.5, 0.6) is 10.9 Å². The molecule has 2 aromatic rings. The number of thiazole rings is 1. The highest BCUT2D eigenvalue weighted by molar-refractivity contribution is 7.11. The van der Waals surface area contributed by atoms with Crippen LogP contribution < -0.4 is 4.74 Å². The van der Waals surface area contributed by atoms with Crippen molar-refractivity contribution >= 4 is 17.3 Å². The zero-order valence-corrected chi connectivity index (χ0v) is 9.62. The van der Waals surface area contributed by atoms with Gasteiger partial charge in [0.1, 0.15) is 17.1 Å². The van der Waals surface area contributed by atoms with Crippen molar-refractivity contribution in [2.45, 2.75) is 6.92 Å². The van der Waals surface area contributed by atoms with Gasteiger partial charge < -0.3 is 9.84 Å². The number of aromatic nitrogens is 1. The van der Waals surface area contributed by atoms with E-state index in [1.807, 2.05) is 0 Å². The van der Waals surface area contributed by atoms with Gasteiger partial charge in [-0.15, -0.1) is 0 Å². The summed E-state index contributed by atoms with van der Waals surface area (Å²) in [5.41, 5.74) is 0.277. The number of rotatable bonds is 3. The van der Waals surface area contributed by atoms with E-state index in [1.165, 1.54) is 23.5 Å². The van der Waals surface area contributed by atoms with Gasteiger partial charge in [0.15, 0.2) is 0 Å². The Kier molecular flexibility index (Phi) is 3.06.